The summed E-state index contributed by atoms with van der Waals surface area (Å²) >= 11 is 0. The molecule has 0 N–H and O–H groups in total. The number of fused-ring (bicyclic) bond motifs is 4. The van der Waals surface area contributed by atoms with Gasteiger partial charge in [-0.2, -0.15) is 13.2 Å². The zero-order valence-electron chi connectivity index (χ0n) is 26.1. The average molecular weight is 563 g/mol. The molecule has 42 heavy (non-hydrogen) atoms. The second kappa shape index (κ2) is 9.24. The van der Waals surface area contributed by atoms with Crippen molar-refractivity contribution >= 4 is 44.6 Å². The second-order valence-electron chi connectivity index (χ2n) is 14.4. The minimum absolute atomic E-state index is 0.0306. The van der Waals surface area contributed by atoms with Crippen LogP contribution in [0.25, 0.3) is 32.7 Å². The zero-order valence-corrected chi connectivity index (χ0v) is 26.1. The fourth-order valence-corrected chi connectivity index (χ4v) is 7.01. The molecule has 0 saturated carbocycles. The minimum Gasteiger partial charge on any atom is -0.166 e. The Balaban J connectivity index is 1.84. The molecule has 0 amide bonds. The van der Waals surface area contributed by atoms with Gasteiger partial charge in [-0.25, -0.2) is 0 Å². The van der Waals surface area contributed by atoms with E-state index in [4.69, 9.17) is 0 Å². The summed E-state index contributed by atoms with van der Waals surface area (Å²) < 4.78 is 41.9. The van der Waals surface area contributed by atoms with Crippen molar-refractivity contribution in [1.82, 2.24) is 0 Å². The Hall–Kier alpha value is -3.53. The fraction of sp³-hybridized carbons (Fsp3) is 0.316. The predicted octanol–water partition coefficient (Wildman–Crippen LogP) is 9.03. The fourth-order valence-electron chi connectivity index (χ4n) is 7.01. The number of hydrogen-bond donors (Lipinski definition) is 0. The number of hydrogen-bond acceptors (Lipinski definition) is 0. The minimum atomic E-state index is -4.41. The van der Waals surface area contributed by atoms with Crippen LogP contribution in [-0.2, 0) is 17.0 Å². The van der Waals surface area contributed by atoms with Crippen LogP contribution in [0, 0.1) is 20.8 Å². The van der Waals surface area contributed by atoms with Crippen LogP contribution in [-0.4, -0.2) is 6.71 Å². The first-order chi connectivity index (χ1) is 19.4. The summed E-state index contributed by atoms with van der Waals surface area (Å²) in [4.78, 5) is 0. The van der Waals surface area contributed by atoms with Crippen LogP contribution < -0.4 is 16.4 Å². The van der Waals surface area contributed by atoms with Crippen molar-refractivity contribution in [2.75, 3.05) is 0 Å². The van der Waals surface area contributed by atoms with Crippen molar-refractivity contribution < 1.29 is 13.2 Å². The number of alkyl halides is 3. The maximum absolute atomic E-state index is 14.0. The summed E-state index contributed by atoms with van der Waals surface area (Å²) in [6, 6.07) is 22.2. The Morgan fingerprint density at radius 1 is 0.548 bits per heavy atom. The third kappa shape index (κ3) is 4.55. The molecule has 0 nitrogen and oxygen atoms in total. The number of rotatable bonds is 1. The van der Waals surface area contributed by atoms with E-state index < -0.39 is 11.7 Å². The quantitative estimate of drug-likeness (QED) is 0.139. The molecule has 0 radical (unpaired) electrons. The highest BCUT2D eigenvalue weighted by atomic mass is 19.4. The van der Waals surface area contributed by atoms with Gasteiger partial charge in [-0.15, -0.1) is 0 Å². The summed E-state index contributed by atoms with van der Waals surface area (Å²) in [5.74, 6) is 0. The van der Waals surface area contributed by atoms with E-state index in [9.17, 15) is 13.2 Å². The summed E-state index contributed by atoms with van der Waals surface area (Å²) in [7, 11) is 0. The molecular weight excluding hydrogens is 524 g/mol. The van der Waals surface area contributed by atoms with Crippen molar-refractivity contribution in [1.29, 1.82) is 0 Å². The monoisotopic (exact) mass is 562 g/mol. The van der Waals surface area contributed by atoms with E-state index in [1.165, 1.54) is 50.8 Å². The van der Waals surface area contributed by atoms with E-state index in [0.29, 0.717) is 5.39 Å². The summed E-state index contributed by atoms with van der Waals surface area (Å²) in [6.07, 6.45) is -4.41. The first-order valence-corrected chi connectivity index (χ1v) is 14.8. The van der Waals surface area contributed by atoms with Crippen molar-refractivity contribution in [3.8, 4) is 11.1 Å². The van der Waals surface area contributed by atoms with Gasteiger partial charge in [0.05, 0.1) is 5.56 Å². The molecule has 0 spiro atoms. The van der Waals surface area contributed by atoms with E-state index in [1.807, 2.05) is 0 Å². The molecule has 0 fully saturated rings. The summed E-state index contributed by atoms with van der Waals surface area (Å²) in [5.41, 5.74) is 11.3. The lowest BCUT2D eigenvalue weighted by Gasteiger charge is -2.33. The molecule has 1 aliphatic rings. The topological polar surface area (TPSA) is 0 Å². The molecule has 0 atom stereocenters. The van der Waals surface area contributed by atoms with E-state index >= 15 is 0 Å². The number of aryl methyl sites for hydroxylation is 3. The zero-order chi connectivity index (χ0) is 30.5. The van der Waals surface area contributed by atoms with Crippen LogP contribution in [0.3, 0.4) is 0 Å². The second-order valence-corrected chi connectivity index (χ2v) is 14.4. The highest BCUT2D eigenvalue weighted by molar-refractivity contribution is 6.99. The first kappa shape index (κ1) is 28.6. The van der Waals surface area contributed by atoms with Crippen molar-refractivity contribution in [3.63, 3.8) is 0 Å². The smallest absolute Gasteiger partial charge is 0.166 e. The lowest BCUT2D eigenvalue weighted by molar-refractivity contribution is -0.137. The van der Waals surface area contributed by atoms with E-state index in [1.54, 1.807) is 6.07 Å². The van der Waals surface area contributed by atoms with Crippen LogP contribution in [0.5, 0.6) is 0 Å². The Morgan fingerprint density at radius 2 is 1.12 bits per heavy atom. The van der Waals surface area contributed by atoms with Gasteiger partial charge in [0.2, 0.25) is 6.71 Å². The molecule has 0 aliphatic carbocycles. The van der Waals surface area contributed by atoms with Crippen molar-refractivity contribution in [3.05, 3.63) is 100 Å². The van der Waals surface area contributed by atoms with Gasteiger partial charge in [-0.3, -0.25) is 0 Å². The average Bonchev–Trinajstić information content (AvgIpc) is 2.87. The summed E-state index contributed by atoms with van der Waals surface area (Å²) in [6.45, 7) is 19.8. The molecule has 0 bridgehead atoms. The lowest BCUT2D eigenvalue weighted by atomic mass is 9.32. The number of benzene rings is 5. The molecule has 1 aliphatic heterocycles. The third-order valence-corrected chi connectivity index (χ3v) is 9.13. The third-order valence-electron chi connectivity index (χ3n) is 9.13. The molecule has 5 aromatic rings. The van der Waals surface area contributed by atoms with Crippen LogP contribution >= 0.6 is 0 Å². The molecule has 6 rings (SSSR count). The molecule has 5 aromatic carbocycles. The van der Waals surface area contributed by atoms with E-state index in [-0.39, 0.29) is 17.5 Å². The van der Waals surface area contributed by atoms with Crippen LogP contribution in [0.15, 0.2) is 66.7 Å². The van der Waals surface area contributed by atoms with E-state index in [0.717, 1.165) is 32.8 Å². The SMILES string of the molecule is Cc1cc(C)c(B2c3cc(C(C)(C)C)ccc3-c3cc4ccc(C(F)(F)F)cc4c4cc(C(C)(C)C)cc2c34)c(C)c1. The molecule has 0 aromatic heterocycles. The molecule has 214 valence electrons. The van der Waals surface area contributed by atoms with Gasteiger partial charge >= 0.3 is 6.18 Å². The van der Waals surface area contributed by atoms with Gasteiger partial charge in [0.1, 0.15) is 0 Å². The van der Waals surface area contributed by atoms with Gasteiger partial charge < -0.3 is 0 Å². The van der Waals surface area contributed by atoms with Gasteiger partial charge in [0.25, 0.3) is 0 Å². The Kier molecular flexibility index (Phi) is 6.29. The van der Waals surface area contributed by atoms with Crippen LogP contribution in [0.4, 0.5) is 13.2 Å². The number of halogens is 3. The Labute approximate surface area is 248 Å². The molecular formula is C38H38BF3. The maximum Gasteiger partial charge on any atom is 0.416 e. The van der Waals surface area contributed by atoms with Crippen LogP contribution in [0.1, 0.15) is 74.9 Å². The maximum atomic E-state index is 14.0. The Bertz CT molecular complexity index is 1890. The standard InChI is InChI=1S/C38H38BF3/c1-21-14-22(2)35(23(3)15-21)39-32-19-25(36(4,5)6)12-13-28(32)30-16-24-10-11-26(38(40,41)42)17-29(24)31-18-27(37(7,8)9)20-33(39)34(30)31/h10-20H,1-9H3. The first-order valence-electron chi connectivity index (χ1n) is 14.8. The van der Waals surface area contributed by atoms with Gasteiger partial charge in [-0.1, -0.05) is 123 Å². The van der Waals surface area contributed by atoms with E-state index in [2.05, 4.69) is 111 Å². The lowest BCUT2D eigenvalue weighted by Crippen LogP contribution is -2.57. The molecule has 1 heterocycles. The Morgan fingerprint density at radius 3 is 1.71 bits per heavy atom. The summed E-state index contributed by atoms with van der Waals surface area (Å²) in [5, 5.41) is 3.44. The van der Waals surface area contributed by atoms with Crippen LogP contribution in [0.2, 0.25) is 0 Å². The largest absolute Gasteiger partial charge is 0.416 e. The molecule has 4 heteroatoms. The van der Waals surface area contributed by atoms with Crippen molar-refractivity contribution in [2.45, 2.75) is 79.3 Å². The highest BCUT2D eigenvalue weighted by Gasteiger charge is 2.37. The normalized spacial score (nSPS) is 13.7. The predicted molar refractivity (Wildman–Crippen MR) is 175 cm³/mol. The highest BCUT2D eigenvalue weighted by Crippen LogP contribution is 2.41. The van der Waals surface area contributed by atoms with Gasteiger partial charge in [-0.05, 0) is 93.6 Å². The van der Waals surface area contributed by atoms with Gasteiger partial charge in [0.15, 0.2) is 0 Å². The molecule has 0 saturated heterocycles. The van der Waals surface area contributed by atoms with Gasteiger partial charge in [0, 0.05) is 0 Å². The molecule has 0 unspecified atom stereocenters. The van der Waals surface area contributed by atoms with Crippen molar-refractivity contribution in [2.24, 2.45) is 0 Å².